The number of benzene rings is 1. The molecule has 1 atom stereocenters. The van der Waals surface area contributed by atoms with Gasteiger partial charge in [-0.3, -0.25) is 4.90 Å². The van der Waals surface area contributed by atoms with E-state index in [9.17, 15) is 0 Å². The van der Waals surface area contributed by atoms with Gasteiger partial charge >= 0.3 is 0 Å². The molecule has 1 N–H and O–H groups in total. The van der Waals surface area contributed by atoms with Gasteiger partial charge in [0, 0.05) is 36.0 Å². The molecule has 3 rings (SSSR count). The Morgan fingerprint density at radius 2 is 2.32 bits per heavy atom. The van der Waals surface area contributed by atoms with Crippen LogP contribution < -0.4 is 0 Å². The van der Waals surface area contributed by atoms with E-state index in [1.807, 2.05) is 12.3 Å². The van der Waals surface area contributed by atoms with Crippen molar-refractivity contribution in [2.24, 2.45) is 0 Å². The molecule has 0 spiro atoms. The van der Waals surface area contributed by atoms with Crippen LogP contribution in [0, 0.1) is 0 Å². The first-order chi connectivity index (χ1) is 9.33. The minimum Gasteiger partial charge on any atom is -0.371 e. The third-order valence-electron chi connectivity index (χ3n) is 3.35. The summed E-state index contributed by atoms with van der Waals surface area (Å²) in [5.41, 5.74) is 2.37. The lowest BCUT2D eigenvalue weighted by atomic mass is 10.1. The Morgan fingerprint density at radius 1 is 1.42 bits per heavy atom. The third-order valence-corrected chi connectivity index (χ3v) is 4.07. The van der Waals surface area contributed by atoms with Crippen molar-refractivity contribution in [2.75, 3.05) is 19.7 Å². The molecule has 1 aromatic heterocycles. The highest BCUT2D eigenvalue weighted by atomic mass is 79.9. The summed E-state index contributed by atoms with van der Waals surface area (Å²) in [4.78, 5) is 9.60. The molecule has 2 heterocycles. The fraction of sp³-hybridized carbons (Fsp3) is 0.357. The summed E-state index contributed by atoms with van der Waals surface area (Å²) in [6, 6.07) is 8.26. The van der Waals surface area contributed by atoms with Gasteiger partial charge in [0.1, 0.15) is 0 Å². The van der Waals surface area contributed by atoms with Crippen LogP contribution in [0.25, 0.3) is 0 Å². The fourth-order valence-corrected chi connectivity index (χ4v) is 2.92. The zero-order chi connectivity index (χ0) is 13.1. The third kappa shape index (κ3) is 3.05. The standard InChI is InChI=1S/C14H16BrN3O/c15-13-4-2-1-3-12(13)14-9-18(5-6-19-14)8-11-7-16-10-17-11/h1-4,7,10,14H,5-6,8-9H2,(H,16,17)/t14-/m1/s1. The number of hydrogen-bond donors (Lipinski definition) is 1. The van der Waals surface area contributed by atoms with Crippen molar-refractivity contribution >= 4 is 15.9 Å². The van der Waals surface area contributed by atoms with Crippen molar-refractivity contribution in [3.63, 3.8) is 0 Å². The number of rotatable bonds is 3. The van der Waals surface area contributed by atoms with E-state index < -0.39 is 0 Å². The molecule has 100 valence electrons. The molecule has 0 amide bonds. The van der Waals surface area contributed by atoms with E-state index >= 15 is 0 Å². The van der Waals surface area contributed by atoms with Gasteiger partial charge in [0.2, 0.25) is 0 Å². The topological polar surface area (TPSA) is 41.2 Å². The van der Waals surface area contributed by atoms with Gasteiger partial charge < -0.3 is 9.72 Å². The minimum absolute atomic E-state index is 0.132. The number of morpholine rings is 1. The Labute approximate surface area is 120 Å². The number of imidazole rings is 1. The van der Waals surface area contributed by atoms with Crippen molar-refractivity contribution < 1.29 is 4.74 Å². The van der Waals surface area contributed by atoms with Gasteiger partial charge in [-0.25, -0.2) is 4.98 Å². The van der Waals surface area contributed by atoms with Gasteiger partial charge in [0.25, 0.3) is 0 Å². The largest absolute Gasteiger partial charge is 0.371 e. The number of H-pyrrole nitrogens is 1. The molecule has 2 aromatic rings. The molecule has 19 heavy (non-hydrogen) atoms. The van der Waals surface area contributed by atoms with Crippen molar-refractivity contribution in [1.29, 1.82) is 0 Å². The zero-order valence-electron chi connectivity index (χ0n) is 10.6. The van der Waals surface area contributed by atoms with E-state index in [-0.39, 0.29) is 6.10 Å². The molecule has 1 aromatic carbocycles. The van der Waals surface area contributed by atoms with Crippen molar-refractivity contribution in [3.05, 3.63) is 52.5 Å². The summed E-state index contributed by atoms with van der Waals surface area (Å²) < 4.78 is 7.01. The van der Waals surface area contributed by atoms with Gasteiger partial charge in [0.05, 0.1) is 19.0 Å². The predicted octanol–water partition coefficient (Wildman–Crippen LogP) is 2.75. The van der Waals surface area contributed by atoms with Gasteiger partial charge in [-0.15, -0.1) is 0 Å². The van der Waals surface area contributed by atoms with Gasteiger partial charge in [0.15, 0.2) is 0 Å². The minimum atomic E-state index is 0.132. The van der Waals surface area contributed by atoms with Crippen LogP contribution in [0.3, 0.4) is 0 Å². The maximum absolute atomic E-state index is 5.90. The van der Waals surface area contributed by atoms with Gasteiger partial charge in [-0.05, 0) is 11.6 Å². The predicted molar refractivity (Wildman–Crippen MR) is 76.7 cm³/mol. The number of hydrogen-bond acceptors (Lipinski definition) is 3. The number of aromatic nitrogens is 2. The molecule has 0 radical (unpaired) electrons. The molecule has 1 aliphatic rings. The number of nitrogens with zero attached hydrogens (tertiary/aromatic N) is 2. The molecule has 1 saturated heterocycles. The second-order valence-corrected chi connectivity index (χ2v) is 5.55. The highest BCUT2D eigenvalue weighted by molar-refractivity contribution is 9.10. The van der Waals surface area contributed by atoms with Crippen LogP contribution in [0.2, 0.25) is 0 Å². The summed E-state index contributed by atoms with van der Waals surface area (Å²) in [6.07, 6.45) is 3.73. The van der Waals surface area contributed by atoms with E-state index in [1.54, 1.807) is 6.33 Å². The van der Waals surface area contributed by atoms with E-state index in [0.29, 0.717) is 0 Å². The first kappa shape index (κ1) is 12.8. The summed E-state index contributed by atoms with van der Waals surface area (Å²) >= 11 is 3.60. The van der Waals surface area contributed by atoms with Crippen LogP contribution in [-0.2, 0) is 11.3 Å². The van der Waals surface area contributed by atoms with Crippen molar-refractivity contribution in [1.82, 2.24) is 14.9 Å². The van der Waals surface area contributed by atoms with Crippen LogP contribution in [0.4, 0.5) is 0 Å². The van der Waals surface area contributed by atoms with E-state index in [4.69, 9.17) is 4.74 Å². The molecule has 0 bridgehead atoms. The Morgan fingerprint density at radius 3 is 3.11 bits per heavy atom. The van der Waals surface area contributed by atoms with Gasteiger partial charge in [-0.2, -0.15) is 0 Å². The first-order valence-corrected chi connectivity index (χ1v) is 7.18. The van der Waals surface area contributed by atoms with Gasteiger partial charge in [-0.1, -0.05) is 34.1 Å². The summed E-state index contributed by atoms with van der Waals surface area (Å²) in [7, 11) is 0. The average Bonchev–Trinajstić information content (AvgIpc) is 2.92. The Kier molecular flexibility index (Phi) is 3.96. The molecular formula is C14H16BrN3O. The summed E-state index contributed by atoms with van der Waals surface area (Å²) in [5, 5.41) is 0. The lowest BCUT2D eigenvalue weighted by Crippen LogP contribution is -2.38. The van der Waals surface area contributed by atoms with Crippen LogP contribution in [0.15, 0.2) is 41.3 Å². The number of ether oxygens (including phenoxy) is 1. The number of aromatic amines is 1. The molecule has 0 saturated carbocycles. The Bertz CT molecular complexity index is 529. The molecule has 0 aliphatic carbocycles. The smallest absolute Gasteiger partial charge is 0.0963 e. The van der Waals surface area contributed by atoms with E-state index in [0.717, 1.165) is 36.4 Å². The van der Waals surface area contributed by atoms with E-state index in [1.165, 1.54) is 5.56 Å². The maximum atomic E-state index is 5.90. The second-order valence-electron chi connectivity index (χ2n) is 4.69. The van der Waals surface area contributed by atoms with Crippen molar-refractivity contribution in [2.45, 2.75) is 12.6 Å². The normalized spacial score (nSPS) is 20.6. The lowest BCUT2D eigenvalue weighted by Gasteiger charge is -2.33. The molecule has 1 aliphatic heterocycles. The van der Waals surface area contributed by atoms with Crippen LogP contribution >= 0.6 is 15.9 Å². The number of nitrogens with one attached hydrogen (secondary N) is 1. The van der Waals surface area contributed by atoms with Crippen LogP contribution in [-0.4, -0.2) is 34.6 Å². The monoisotopic (exact) mass is 321 g/mol. The molecular weight excluding hydrogens is 306 g/mol. The fourth-order valence-electron chi connectivity index (χ4n) is 2.38. The lowest BCUT2D eigenvalue weighted by molar-refractivity contribution is -0.0335. The quantitative estimate of drug-likeness (QED) is 0.945. The summed E-state index contributed by atoms with van der Waals surface area (Å²) in [6.45, 7) is 3.52. The van der Waals surface area contributed by atoms with Crippen LogP contribution in [0.1, 0.15) is 17.4 Å². The first-order valence-electron chi connectivity index (χ1n) is 6.38. The SMILES string of the molecule is Brc1ccccc1[C@H]1CN(Cc2cnc[nH]2)CCO1. The highest BCUT2D eigenvalue weighted by Gasteiger charge is 2.23. The average molecular weight is 322 g/mol. The maximum Gasteiger partial charge on any atom is 0.0963 e. The number of halogens is 1. The highest BCUT2D eigenvalue weighted by Crippen LogP contribution is 2.28. The molecule has 4 nitrogen and oxygen atoms in total. The summed E-state index contributed by atoms with van der Waals surface area (Å²) in [5.74, 6) is 0. The molecule has 1 fully saturated rings. The molecule has 5 heteroatoms. The molecule has 0 unspecified atom stereocenters. The Hall–Kier alpha value is -1.17. The van der Waals surface area contributed by atoms with E-state index in [2.05, 4.69) is 49.0 Å². The Balaban J connectivity index is 1.70. The zero-order valence-corrected chi connectivity index (χ0v) is 12.1. The van der Waals surface area contributed by atoms with Crippen molar-refractivity contribution in [3.8, 4) is 0 Å². The second kappa shape index (κ2) is 5.86. The van der Waals surface area contributed by atoms with Crippen LogP contribution in [0.5, 0.6) is 0 Å².